The number of nitrogens with two attached hydrogens (primary N) is 1. The Labute approximate surface area is 163 Å². The van der Waals surface area contributed by atoms with Crippen LogP contribution in [0.3, 0.4) is 0 Å². The number of carbonyl (C=O) groups excluding carboxylic acids is 2. The van der Waals surface area contributed by atoms with Crippen molar-refractivity contribution in [2.75, 3.05) is 18.2 Å². The second-order valence-electron chi connectivity index (χ2n) is 6.28. The second-order valence-corrected chi connectivity index (χ2v) is 7.89. The van der Waals surface area contributed by atoms with Gasteiger partial charge in [-0.1, -0.05) is 11.8 Å². The van der Waals surface area contributed by atoms with Gasteiger partial charge in [0.25, 0.3) is 0 Å². The van der Waals surface area contributed by atoms with E-state index < -0.39 is 10.7 Å². The zero-order valence-corrected chi connectivity index (χ0v) is 16.1. The van der Waals surface area contributed by atoms with Crippen LogP contribution in [0.1, 0.15) is 24.2 Å². The molecule has 3 rings (SSSR count). The molecule has 2 aromatic heterocycles. The summed E-state index contributed by atoms with van der Waals surface area (Å²) in [5, 5.41) is 13.0. The number of imidazole rings is 1. The summed E-state index contributed by atoms with van der Waals surface area (Å²) >= 11 is 1.18. The van der Waals surface area contributed by atoms with Crippen LogP contribution in [0.2, 0.25) is 0 Å². The zero-order valence-electron chi connectivity index (χ0n) is 15.3. The van der Waals surface area contributed by atoms with Crippen molar-refractivity contribution in [1.82, 2.24) is 19.9 Å². The third kappa shape index (κ3) is 3.83. The Hall–Kier alpha value is -3.34. The van der Waals surface area contributed by atoms with Gasteiger partial charge in [0.1, 0.15) is 21.9 Å². The van der Waals surface area contributed by atoms with E-state index in [0.717, 1.165) is 0 Å². The van der Waals surface area contributed by atoms with Crippen molar-refractivity contribution in [2.45, 2.75) is 23.6 Å². The molecule has 0 saturated carbocycles. The Morgan fingerprint density at radius 3 is 2.79 bits per heavy atom. The van der Waals surface area contributed by atoms with E-state index in [9.17, 15) is 14.7 Å². The van der Waals surface area contributed by atoms with Gasteiger partial charge in [0.05, 0.1) is 18.2 Å². The Balaban J connectivity index is 1.83. The molecule has 10 nitrogen and oxygen atoms in total. The number of carbonyl (C=O) groups is 2. The Morgan fingerprint density at radius 1 is 1.32 bits per heavy atom. The summed E-state index contributed by atoms with van der Waals surface area (Å²) in [6, 6.07) is 4.13. The number of hydrogen-bond donors (Lipinski definition) is 4. The maximum absolute atomic E-state index is 12.8. The third-order valence-electron chi connectivity index (χ3n) is 3.83. The summed E-state index contributed by atoms with van der Waals surface area (Å²) in [6.07, 6.45) is 1.47. The maximum Gasteiger partial charge on any atom is 0.341 e. The highest BCUT2D eigenvalue weighted by molar-refractivity contribution is 8.01. The smallest absolute Gasteiger partial charge is 0.341 e. The number of H-pyrrole nitrogens is 1. The van der Waals surface area contributed by atoms with E-state index >= 15 is 0 Å². The quantitative estimate of drug-likeness (QED) is 0.217. The molecule has 146 valence electrons. The summed E-state index contributed by atoms with van der Waals surface area (Å²) in [7, 11) is 1.20. The molecule has 0 fully saturated rings. The van der Waals surface area contributed by atoms with Gasteiger partial charge in [-0.15, -0.1) is 0 Å². The average Bonchev–Trinajstić information content (AvgIpc) is 3.10. The lowest BCUT2D eigenvalue weighted by atomic mass is 10.1. The summed E-state index contributed by atoms with van der Waals surface area (Å²) in [5.74, 6) is -1.24. The molecule has 28 heavy (non-hydrogen) atoms. The van der Waals surface area contributed by atoms with Gasteiger partial charge in [0.15, 0.2) is 5.65 Å². The van der Waals surface area contributed by atoms with Crippen molar-refractivity contribution >= 4 is 46.4 Å². The van der Waals surface area contributed by atoms with Crippen LogP contribution in [-0.4, -0.2) is 48.8 Å². The van der Waals surface area contributed by atoms with Crippen LogP contribution < -0.4 is 11.1 Å². The predicted molar refractivity (Wildman–Crippen MR) is 104 cm³/mol. The number of ether oxygens (including phenoxy) is 1. The van der Waals surface area contributed by atoms with Crippen molar-refractivity contribution in [1.29, 1.82) is 0 Å². The number of fused-ring (bicyclic) bond motifs is 1. The van der Waals surface area contributed by atoms with Crippen LogP contribution in [0.4, 0.5) is 11.6 Å². The molecular formula is C17H18N6O4S. The van der Waals surface area contributed by atoms with Crippen molar-refractivity contribution in [3.8, 4) is 5.75 Å². The molecule has 0 bridgehead atoms. The number of nitrogen functional groups attached to an aromatic ring is 1. The Kier molecular flexibility index (Phi) is 5.10. The number of aromatic hydroxyl groups is 1. The van der Waals surface area contributed by atoms with E-state index in [1.54, 1.807) is 13.8 Å². The summed E-state index contributed by atoms with van der Waals surface area (Å²) in [5.41, 5.74) is 7.00. The molecule has 3 aromatic rings. The van der Waals surface area contributed by atoms with Crippen molar-refractivity contribution < 1.29 is 19.4 Å². The molecule has 0 atom stereocenters. The Bertz CT molecular complexity index is 1060. The van der Waals surface area contributed by atoms with Crippen molar-refractivity contribution in [3.05, 3.63) is 30.1 Å². The minimum Gasteiger partial charge on any atom is -0.507 e. The lowest BCUT2D eigenvalue weighted by Crippen LogP contribution is -2.34. The molecule has 0 aliphatic heterocycles. The first-order valence-electron chi connectivity index (χ1n) is 8.09. The maximum atomic E-state index is 12.8. The lowest BCUT2D eigenvalue weighted by molar-refractivity contribution is -0.117. The van der Waals surface area contributed by atoms with E-state index in [-0.39, 0.29) is 23.2 Å². The molecule has 0 saturated heterocycles. The van der Waals surface area contributed by atoms with Crippen LogP contribution in [0.5, 0.6) is 5.75 Å². The number of aromatic amines is 1. The number of thioether (sulfide) groups is 1. The minimum absolute atomic E-state index is 0.0477. The average molecular weight is 402 g/mol. The highest BCUT2D eigenvalue weighted by Crippen LogP contribution is 2.35. The Morgan fingerprint density at radius 2 is 2.07 bits per heavy atom. The summed E-state index contributed by atoms with van der Waals surface area (Å²) in [6.45, 7) is 3.43. The fraction of sp³-hybridized carbons (Fsp3) is 0.235. The monoisotopic (exact) mass is 402 g/mol. The van der Waals surface area contributed by atoms with E-state index in [1.165, 1.54) is 43.4 Å². The molecule has 0 radical (unpaired) electrons. The van der Waals surface area contributed by atoms with Crippen molar-refractivity contribution in [2.24, 2.45) is 0 Å². The number of nitrogens with zero attached hydrogens (tertiary/aromatic N) is 3. The van der Waals surface area contributed by atoms with Crippen LogP contribution in [0.25, 0.3) is 11.2 Å². The number of rotatable bonds is 5. The normalized spacial score (nSPS) is 11.4. The molecule has 1 amide bonds. The molecule has 0 aliphatic carbocycles. The van der Waals surface area contributed by atoms with E-state index in [1.807, 2.05) is 0 Å². The highest BCUT2D eigenvalue weighted by atomic mass is 32.2. The zero-order chi connectivity index (χ0) is 20.5. The topological polar surface area (TPSA) is 156 Å². The number of methoxy groups -OCH3 is 1. The fourth-order valence-corrected chi connectivity index (χ4v) is 3.37. The highest BCUT2D eigenvalue weighted by Gasteiger charge is 2.31. The number of anilines is 2. The number of amides is 1. The van der Waals surface area contributed by atoms with Gasteiger partial charge in [-0.3, -0.25) is 4.79 Å². The number of benzene rings is 1. The van der Waals surface area contributed by atoms with E-state index in [4.69, 9.17) is 5.73 Å². The number of nitrogens with one attached hydrogen (secondary N) is 2. The molecule has 1 aromatic carbocycles. The van der Waals surface area contributed by atoms with Gasteiger partial charge in [0.2, 0.25) is 11.9 Å². The largest absolute Gasteiger partial charge is 0.507 e. The van der Waals surface area contributed by atoms with Crippen molar-refractivity contribution in [3.63, 3.8) is 0 Å². The van der Waals surface area contributed by atoms with Gasteiger partial charge >= 0.3 is 5.97 Å². The molecule has 2 heterocycles. The number of phenols is 1. The first-order valence-corrected chi connectivity index (χ1v) is 8.91. The molecule has 0 aliphatic rings. The molecule has 5 N–H and O–H groups in total. The number of phenolic OH excluding ortho intramolecular Hbond substituents is 1. The van der Waals surface area contributed by atoms with Gasteiger partial charge in [-0.25, -0.2) is 14.8 Å². The van der Waals surface area contributed by atoms with Crippen LogP contribution in [-0.2, 0) is 9.53 Å². The molecular weight excluding hydrogens is 384 g/mol. The minimum atomic E-state index is -0.956. The van der Waals surface area contributed by atoms with E-state index in [2.05, 4.69) is 30.0 Å². The predicted octanol–water partition coefficient (Wildman–Crippen LogP) is 1.94. The van der Waals surface area contributed by atoms with Crippen LogP contribution in [0, 0.1) is 0 Å². The standard InChI is InChI=1S/C17H18N6O4S/c1-17(2,28-13-11-12(20-7-19-11)22-16(18)23-13)15(26)21-8-4-5-10(24)9(6-8)14(25)27-3/h4-7,24H,1-3H3,(H,21,26)(H3,18,19,20,22,23). The molecule has 0 unspecified atom stereocenters. The van der Waals surface area contributed by atoms with Gasteiger partial charge < -0.3 is 25.9 Å². The fourth-order valence-electron chi connectivity index (χ4n) is 2.35. The van der Waals surface area contributed by atoms with Crippen LogP contribution >= 0.6 is 11.8 Å². The van der Waals surface area contributed by atoms with Gasteiger partial charge in [-0.2, -0.15) is 4.98 Å². The third-order valence-corrected chi connectivity index (χ3v) is 5.01. The summed E-state index contributed by atoms with van der Waals surface area (Å²) < 4.78 is 3.66. The summed E-state index contributed by atoms with van der Waals surface area (Å²) in [4.78, 5) is 39.7. The number of aromatic nitrogens is 4. The lowest BCUT2D eigenvalue weighted by Gasteiger charge is -2.23. The molecule has 11 heteroatoms. The SMILES string of the molecule is COC(=O)c1cc(NC(=O)C(C)(C)Sc2nc(N)nc3nc[nH]c23)ccc1O. The molecule has 0 spiro atoms. The second kappa shape index (κ2) is 7.35. The van der Waals surface area contributed by atoms with Gasteiger partial charge in [0, 0.05) is 5.69 Å². The van der Waals surface area contributed by atoms with Crippen LogP contribution in [0.15, 0.2) is 29.6 Å². The number of esters is 1. The number of hydrogen-bond acceptors (Lipinski definition) is 9. The van der Waals surface area contributed by atoms with Gasteiger partial charge in [-0.05, 0) is 32.0 Å². The van der Waals surface area contributed by atoms with E-state index in [0.29, 0.717) is 21.9 Å². The first-order chi connectivity index (χ1) is 13.2. The first kappa shape index (κ1) is 19.4.